The van der Waals surface area contributed by atoms with E-state index in [-0.39, 0.29) is 23.5 Å². The molecule has 1 heterocycles. The maximum absolute atomic E-state index is 11.1. The van der Waals surface area contributed by atoms with Gasteiger partial charge in [-0.3, -0.25) is 10.1 Å². The first-order valence-electron chi connectivity index (χ1n) is 7.46. The van der Waals surface area contributed by atoms with Crippen LogP contribution in [0.15, 0.2) is 12.1 Å². The predicted octanol–water partition coefficient (Wildman–Crippen LogP) is 3.41. The quantitative estimate of drug-likeness (QED) is 0.678. The number of nitrogens with two attached hydrogens (primary N) is 1. The molecular weight excluding hydrogens is 270 g/mol. The average Bonchev–Trinajstić information content (AvgIpc) is 2.38. The number of hydrogen-bond donors (Lipinski definition) is 1. The van der Waals surface area contributed by atoms with Crippen LogP contribution in [-0.4, -0.2) is 16.0 Å². The number of rotatable bonds is 4. The molecule has 1 saturated carbocycles. The molecule has 0 aromatic carbocycles. The van der Waals surface area contributed by atoms with Crippen molar-refractivity contribution in [1.82, 2.24) is 4.98 Å². The molecule has 3 atom stereocenters. The number of hydrogen-bond acceptors (Lipinski definition) is 5. The zero-order chi connectivity index (χ0) is 15.6. The van der Waals surface area contributed by atoms with Crippen LogP contribution in [0.3, 0.4) is 0 Å². The molecule has 0 spiro atoms. The minimum absolute atomic E-state index is 0.0400. The topological polar surface area (TPSA) is 91.3 Å². The second-order valence-electron chi connectivity index (χ2n) is 6.30. The van der Waals surface area contributed by atoms with E-state index in [4.69, 9.17) is 10.5 Å². The third-order valence-electron chi connectivity index (χ3n) is 4.28. The van der Waals surface area contributed by atoms with Crippen molar-refractivity contribution in [3.05, 3.63) is 22.2 Å². The molecule has 1 aromatic rings. The van der Waals surface area contributed by atoms with Gasteiger partial charge in [0.2, 0.25) is 0 Å². The molecule has 0 bridgehead atoms. The molecule has 1 fully saturated rings. The molecule has 21 heavy (non-hydrogen) atoms. The first-order chi connectivity index (χ1) is 9.88. The van der Waals surface area contributed by atoms with Gasteiger partial charge in [0, 0.05) is 6.07 Å². The van der Waals surface area contributed by atoms with E-state index in [1.807, 2.05) is 0 Å². The molecular formula is C15H23N3O3. The van der Waals surface area contributed by atoms with Crippen LogP contribution >= 0.6 is 0 Å². The van der Waals surface area contributed by atoms with Gasteiger partial charge in [0.15, 0.2) is 0 Å². The molecule has 1 aliphatic carbocycles. The van der Waals surface area contributed by atoms with Gasteiger partial charge in [-0.05, 0) is 36.7 Å². The molecule has 0 aliphatic heterocycles. The van der Waals surface area contributed by atoms with Gasteiger partial charge in [0.1, 0.15) is 11.9 Å². The second kappa shape index (κ2) is 6.28. The van der Waals surface area contributed by atoms with Crippen LogP contribution in [0.1, 0.15) is 40.0 Å². The Morgan fingerprint density at radius 3 is 2.76 bits per heavy atom. The number of anilines is 1. The smallest absolute Gasteiger partial charge is 0.331 e. The van der Waals surface area contributed by atoms with E-state index in [0.29, 0.717) is 17.8 Å². The molecule has 2 rings (SSSR count). The molecule has 6 nitrogen and oxygen atoms in total. The Hall–Kier alpha value is -1.85. The van der Waals surface area contributed by atoms with Gasteiger partial charge in [0.05, 0.1) is 4.92 Å². The number of pyridine rings is 1. The minimum Gasteiger partial charge on any atom is -0.469 e. The largest absolute Gasteiger partial charge is 0.469 e. The summed E-state index contributed by atoms with van der Waals surface area (Å²) in [6, 6.07) is 2.78. The Labute approximate surface area is 124 Å². The van der Waals surface area contributed by atoms with Crippen LogP contribution in [-0.2, 0) is 0 Å². The van der Waals surface area contributed by atoms with Crippen molar-refractivity contribution in [3.63, 3.8) is 0 Å². The van der Waals surface area contributed by atoms with Crippen LogP contribution in [0.5, 0.6) is 5.88 Å². The van der Waals surface area contributed by atoms with Crippen LogP contribution in [0, 0.1) is 27.9 Å². The molecule has 1 aromatic heterocycles. The zero-order valence-electron chi connectivity index (χ0n) is 12.8. The van der Waals surface area contributed by atoms with Gasteiger partial charge in [-0.2, -0.15) is 4.98 Å². The highest BCUT2D eigenvalue weighted by molar-refractivity contribution is 5.47. The summed E-state index contributed by atoms with van der Waals surface area (Å²) < 4.78 is 5.94. The van der Waals surface area contributed by atoms with Gasteiger partial charge < -0.3 is 10.5 Å². The number of nitrogens with zero attached hydrogens (tertiary/aromatic N) is 2. The number of ether oxygens (including phenoxy) is 1. The Balaban J connectivity index is 2.26. The Bertz CT molecular complexity index is 519. The summed E-state index contributed by atoms with van der Waals surface area (Å²) in [5, 5.41) is 11.1. The normalized spacial score (nSPS) is 25.8. The van der Waals surface area contributed by atoms with Gasteiger partial charge in [0.25, 0.3) is 5.88 Å². The molecule has 3 unspecified atom stereocenters. The van der Waals surface area contributed by atoms with E-state index in [9.17, 15) is 10.1 Å². The first kappa shape index (κ1) is 15.5. The van der Waals surface area contributed by atoms with Crippen molar-refractivity contribution in [3.8, 4) is 5.88 Å². The van der Waals surface area contributed by atoms with Crippen LogP contribution in [0.4, 0.5) is 11.5 Å². The fourth-order valence-electron chi connectivity index (χ4n) is 3.07. The van der Waals surface area contributed by atoms with Crippen molar-refractivity contribution in [2.45, 2.75) is 46.1 Å². The lowest BCUT2D eigenvalue weighted by Gasteiger charge is -2.36. The molecule has 116 valence electrons. The van der Waals surface area contributed by atoms with Crippen molar-refractivity contribution >= 4 is 11.5 Å². The highest BCUT2D eigenvalue weighted by Gasteiger charge is 2.34. The van der Waals surface area contributed by atoms with Crippen molar-refractivity contribution in [1.29, 1.82) is 0 Å². The van der Waals surface area contributed by atoms with Gasteiger partial charge in [-0.25, -0.2) is 0 Å². The first-order valence-corrected chi connectivity index (χ1v) is 7.46. The zero-order valence-corrected chi connectivity index (χ0v) is 12.8. The van der Waals surface area contributed by atoms with Crippen LogP contribution in [0.2, 0.25) is 0 Å². The van der Waals surface area contributed by atoms with E-state index < -0.39 is 4.92 Å². The summed E-state index contributed by atoms with van der Waals surface area (Å²) in [7, 11) is 0. The highest BCUT2D eigenvalue weighted by Crippen LogP contribution is 2.37. The third kappa shape index (κ3) is 3.62. The lowest BCUT2D eigenvalue weighted by atomic mass is 9.75. The number of nitro groups is 1. The lowest BCUT2D eigenvalue weighted by molar-refractivity contribution is -0.386. The average molecular weight is 293 g/mol. The summed E-state index contributed by atoms with van der Waals surface area (Å²) in [4.78, 5) is 14.6. The van der Waals surface area contributed by atoms with Crippen molar-refractivity contribution in [2.24, 2.45) is 17.8 Å². The standard InChI is InChI=1S/C15H23N3O3/c1-9(2)11-5-4-10(3)8-13(11)21-15-12(18(19)20)6-7-14(16)17-15/h6-7,9-11,13H,4-5,8H2,1-3H3,(H2,16,17). The van der Waals surface area contributed by atoms with Gasteiger partial charge in [-0.1, -0.05) is 27.2 Å². The van der Waals surface area contributed by atoms with Crippen molar-refractivity contribution in [2.75, 3.05) is 5.73 Å². The minimum atomic E-state index is -0.474. The van der Waals surface area contributed by atoms with E-state index in [0.717, 1.165) is 12.8 Å². The number of nitrogen functional groups attached to an aromatic ring is 1. The molecule has 2 N–H and O–H groups in total. The summed E-state index contributed by atoms with van der Waals surface area (Å²) in [5.74, 6) is 1.71. The maximum atomic E-state index is 11.1. The monoisotopic (exact) mass is 293 g/mol. The SMILES string of the molecule is CC1CCC(C(C)C)C(Oc2nc(N)ccc2[N+](=O)[O-])C1. The summed E-state index contributed by atoms with van der Waals surface area (Å²) in [6.45, 7) is 6.52. The van der Waals surface area contributed by atoms with E-state index >= 15 is 0 Å². The fourth-order valence-corrected chi connectivity index (χ4v) is 3.07. The molecule has 0 saturated heterocycles. The molecule has 6 heteroatoms. The maximum Gasteiger partial charge on any atom is 0.331 e. The summed E-state index contributed by atoms with van der Waals surface area (Å²) in [6.07, 6.45) is 3.12. The lowest BCUT2D eigenvalue weighted by Crippen LogP contribution is -2.36. The second-order valence-corrected chi connectivity index (χ2v) is 6.30. The van der Waals surface area contributed by atoms with Crippen LogP contribution in [0.25, 0.3) is 0 Å². The van der Waals surface area contributed by atoms with Crippen LogP contribution < -0.4 is 10.5 Å². The molecule has 1 aliphatic rings. The van der Waals surface area contributed by atoms with Gasteiger partial charge in [-0.15, -0.1) is 0 Å². The molecule has 0 radical (unpaired) electrons. The Kier molecular flexibility index (Phi) is 4.65. The Morgan fingerprint density at radius 1 is 1.43 bits per heavy atom. The fraction of sp³-hybridized carbons (Fsp3) is 0.667. The highest BCUT2D eigenvalue weighted by atomic mass is 16.6. The van der Waals surface area contributed by atoms with E-state index in [1.54, 1.807) is 0 Å². The third-order valence-corrected chi connectivity index (χ3v) is 4.28. The van der Waals surface area contributed by atoms with Gasteiger partial charge >= 0.3 is 5.69 Å². The Morgan fingerprint density at radius 2 is 2.14 bits per heavy atom. The molecule has 0 amide bonds. The number of aromatic nitrogens is 1. The van der Waals surface area contributed by atoms with E-state index in [1.165, 1.54) is 18.6 Å². The predicted molar refractivity (Wildman–Crippen MR) is 81.1 cm³/mol. The summed E-state index contributed by atoms with van der Waals surface area (Å²) in [5.41, 5.74) is 5.52. The van der Waals surface area contributed by atoms with Crippen molar-refractivity contribution < 1.29 is 9.66 Å². The summed E-state index contributed by atoms with van der Waals surface area (Å²) >= 11 is 0. The van der Waals surface area contributed by atoms with E-state index in [2.05, 4.69) is 25.8 Å².